The van der Waals surface area contributed by atoms with E-state index in [9.17, 15) is 8.42 Å². The van der Waals surface area contributed by atoms with Crippen molar-refractivity contribution in [3.63, 3.8) is 0 Å². The molecular formula is C14H20ClNO3S. The highest BCUT2D eigenvalue weighted by Crippen LogP contribution is 2.28. The Balaban J connectivity index is 1.99. The number of rotatable bonds is 5. The minimum absolute atomic E-state index is 0.0833. The number of hydrogen-bond acceptors (Lipinski definition) is 4. The summed E-state index contributed by atoms with van der Waals surface area (Å²) >= 11 is 6.19. The Kier molecular flexibility index (Phi) is 4.94. The average Bonchev–Trinajstić information content (AvgIpc) is 2.69. The number of ether oxygens (including phenoxy) is 1. The molecule has 0 saturated carbocycles. The van der Waals surface area contributed by atoms with E-state index < -0.39 is 9.84 Å². The van der Waals surface area contributed by atoms with Crippen LogP contribution in [0.15, 0.2) is 18.2 Å². The van der Waals surface area contributed by atoms with Gasteiger partial charge >= 0.3 is 0 Å². The average molecular weight is 318 g/mol. The van der Waals surface area contributed by atoms with Gasteiger partial charge in [0.2, 0.25) is 0 Å². The predicted octanol–water partition coefficient (Wildman–Crippen LogP) is 2.40. The van der Waals surface area contributed by atoms with E-state index in [1.54, 1.807) is 0 Å². The monoisotopic (exact) mass is 317 g/mol. The van der Waals surface area contributed by atoms with E-state index in [0.29, 0.717) is 23.2 Å². The topological polar surface area (TPSA) is 55.4 Å². The highest BCUT2D eigenvalue weighted by atomic mass is 35.5. The third-order valence-corrected chi connectivity index (χ3v) is 5.23. The fraction of sp³-hybridized carbons (Fsp3) is 0.571. The molecule has 0 aromatic heterocycles. The Bertz CT molecular complexity index is 572. The zero-order chi connectivity index (χ0) is 14.8. The van der Waals surface area contributed by atoms with E-state index >= 15 is 0 Å². The second-order valence-corrected chi connectivity index (χ2v) is 8.08. The van der Waals surface area contributed by atoms with Crippen LogP contribution in [0.2, 0.25) is 5.02 Å². The van der Waals surface area contributed by atoms with Crippen molar-refractivity contribution in [1.82, 2.24) is 5.32 Å². The number of sulfone groups is 1. The second-order valence-electron chi connectivity index (χ2n) is 5.44. The lowest BCUT2D eigenvalue weighted by Crippen LogP contribution is -2.22. The van der Waals surface area contributed by atoms with E-state index in [2.05, 4.69) is 19.2 Å². The molecule has 1 heterocycles. The molecule has 20 heavy (non-hydrogen) atoms. The van der Waals surface area contributed by atoms with Crippen molar-refractivity contribution in [2.75, 3.05) is 11.5 Å². The van der Waals surface area contributed by atoms with Crippen LogP contribution in [-0.2, 0) is 16.4 Å². The van der Waals surface area contributed by atoms with E-state index in [4.69, 9.17) is 16.3 Å². The van der Waals surface area contributed by atoms with Gasteiger partial charge in [0, 0.05) is 12.6 Å². The zero-order valence-electron chi connectivity index (χ0n) is 11.7. The third-order valence-electron chi connectivity index (χ3n) is 3.20. The molecule has 1 aromatic carbocycles. The summed E-state index contributed by atoms with van der Waals surface area (Å²) in [6.07, 6.45) is 0.257. The van der Waals surface area contributed by atoms with Crippen molar-refractivity contribution in [3.05, 3.63) is 28.8 Å². The van der Waals surface area contributed by atoms with Gasteiger partial charge in [0.15, 0.2) is 9.84 Å². The summed E-state index contributed by atoms with van der Waals surface area (Å²) in [6, 6.07) is 6.02. The number of benzene rings is 1. The quantitative estimate of drug-likeness (QED) is 0.906. The predicted molar refractivity (Wildman–Crippen MR) is 81.1 cm³/mol. The minimum atomic E-state index is -2.93. The van der Waals surface area contributed by atoms with Crippen molar-refractivity contribution in [1.29, 1.82) is 0 Å². The van der Waals surface area contributed by atoms with Gasteiger partial charge in [0.25, 0.3) is 0 Å². The molecule has 1 aliphatic heterocycles. The van der Waals surface area contributed by atoms with Crippen molar-refractivity contribution < 1.29 is 13.2 Å². The minimum Gasteiger partial charge on any atom is -0.488 e. The Morgan fingerprint density at radius 2 is 2.20 bits per heavy atom. The maximum atomic E-state index is 11.4. The summed E-state index contributed by atoms with van der Waals surface area (Å²) in [5, 5.41) is 3.84. The molecule has 1 atom stereocenters. The van der Waals surface area contributed by atoms with Gasteiger partial charge in [0.05, 0.1) is 16.5 Å². The summed E-state index contributed by atoms with van der Waals surface area (Å²) in [4.78, 5) is 0. The summed E-state index contributed by atoms with van der Waals surface area (Å²) in [5.41, 5.74) is 1.08. The number of halogens is 1. The molecule has 0 amide bonds. The van der Waals surface area contributed by atoms with Crippen LogP contribution in [0.3, 0.4) is 0 Å². The summed E-state index contributed by atoms with van der Waals surface area (Å²) in [5.74, 6) is 0.841. The summed E-state index contributed by atoms with van der Waals surface area (Å²) in [7, 11) is -2.93. The largest absolute Gasteiger partial charge is 0.488 e. The normalized spacial score (nSPS) is 21.3. The first-order valence-electron chi connectivity index (χ1n) is 6.74. The molecule has 0 bridgehead atoms. The molecule has 1 aliphatic rings. The van der Waals surface area contributed by atoms with Crippen LogP contribution in [0, 0.1) is 0 Å². The molecule has 6 heteroatoms. The van der Waals surface area contributed by atoms with Crippen molar-refractivity contribution in [2.24, 2.45) is 0 Å². The molecule has 0 spiro atoms. The lowest BCUT2D eigenvalue weighted by molar-refractivity contribution is 0.229. The Labute approximate surface area is 125 Å². The van der Waals surface area contributed by atoms with Gasteiger partial charge in [-0.3, -0.25) is 0 Å². The van der Waals surface area contributed by atoms with Gasteiger partial charge < -0.3 is 10.1 Å². The number of nitrogens with one attached hydrogen (secondary N) is 1. The van der Waals surface area contributed by atoms with Crippen LogP contribution in [0.25, 0.3) is 0 Å². The molecule has 1 saturated heterocycles. The van der Waals surface area contributed by atoms with E-state index in [0.717, 1.165) is 12.1 Å². The molecule has 112 valence electrons. The van der Waals surface area contributed by atoms with Crippen LogP contribution in [-0.4, -0.2) is 32.1 Å². The molecule has 1 unspecified atom stereocenters. The molecular weight excluding hydrogens is 298 g/mol. The molecule has 4 nitrogen and oxygen atoms in total. The summed E-state index contributed by atoms with van der Waals surface area (Å²) < 4.78 is 28.5. The van der Waals surface area contributed by atoms with Gasteiger partial charge in [-0.25, -0.2) is 8.42 Å². The van der Waals surface area contributed by atoms with Gasteiger partial charge in [0.1, 0.15) is 11.9 Å². The Morgan fingerprint density at radius 3 is 2.75 bits per heavy atom. The molecule has 2 rings (SSSR count). The van der Waals surface area contributed by atoms with Gasteiger partial charge in [-0.2, -0.15) is 0 Å². The smallest absolute Gasteiger partial charge is 0.154 e. The molecule has 1 N–H and O–H groups in total. The van der Waals surface area contributed by atoms with Crippen LogP contribution >= 0.6 is 11.6 Å². The Morgan fingerprint density at radius 1 is 1.45 bits per heavy atom. The lowest BCUT2D eigenvalue weighted by atomic mass is 10.2. The van der Waals surface area contributed by atoms with E-state index in [-0.39, 0.29) is 17.6 Å². The van der Waals surface area contributed by atoms with Crippen LogP contribution < -0.4 is 10.1 Å². The SMILES string of the molecule is CC(C)NCc1ccc(OC2CCS(=O)(=O)C2)c(Cl)c1. The van der Waals surface area contributed by atoms with Crippen molar-refractivity contribution >= 4 is 21.4 Å². The van der Waals surface area contributed by atoms with Crippen LogP contribution in [0.4, 0.5) is 0 Å². The highest BCUT2D eigenvalue weighted by molar-refractivity contribution is 7.91. The molecule has 1 aromatic rings. The van der Waals surface area contributed by atoms with Gasteiger partial charge in [-0.05, 0) is 24.1 Å². The Hall–Kier alpha value is -0.780. The van der Waals surface area contributed by atoms with Gasteiger partial charge in [-0.1, -0.05) is 31.5 Å². The first kappa shape index (κ1) is 15.6. The zero-order valence-corrected chi connectivity index (χ0v) is 13.3. The van der Waals surface area contributed by atoms with Crippen molar-refractivity contribution in [2.45, 2.75) is 39.0 Å². The van der Waals surface area contributed by atoms with Gasteiger partial charge in [-0.15, -0.1) is 0 Å². The fourth-order valence-corrected chi connectivity index (χ4v) is 3.94. The number of hydrogen-bond donors (Lipinski definition) is 1. The van der Waals surface area contributed by atoms with Crippen molar-refractivity contribution in [3.8, 4) is 5.75 Å². The maximum absolute atomic E-state index is 11.4. The van der Waals surface area contributed by atoms with Crippen LogP contribution in [0.5, 0.6) is 5.75 Å². The van der Waals surface area contributed by atoms with E-state index in [1.807, 2.05) is 18.2 Å². The third kappa shape index (κ3) is 4.36. The standard InChI is InChI=1S/C14H20ClNO3S/c1-10(2)16-8-11-3-4-14(13(15)7-11)19-12-5-6-20(17,18)9-12/h3-4,7,10,12,16H,5-6,8-9H2,1-2H3. The van der Waals surface area contributed by atoms with E-state index in [1.165, 1.54) is 0 Å². The fourth-order valence-electron chi connectivity index (χ4n) is 2.11. The lowest BCUT2D eigenvalue weighted by Gasteiger charge is -2.14. The highest BCUT2D eigenvalue weighted by Gasteiger charge is 2.29. The summed E-state index contributed by atoms with van der Waals surface area (Å²) in [6.45, 7) is 4.91. The molecule has 1 fully saturated rings. The first-order valence-corrected chi connectivity index (χ1v) is 8.94. The second kappa shape index (κ2) is 6.33. The molecule has 0 aliphatic carbocycles. The van der Waals surface area contributed by atoms with Crippen LogP contribution in [0.1, 0.15) is 25.8 Å². The first-order chi connectivity index (χ1) is 9.35. The molecule has 0 radical (unpaired) electrons. The maximum Gasteiger partial charge on any atom is 0.154 e.